The summed E-state index contributed by atoms with van der Waals surface area (Å²) in [6.45, 7) is 3.19. The number of ether oxygens (including phenoxy) is 2. The zero-order valence-corrected chi connectivity index (χ0v) is 24.6. The van der Waals surface area contributed by atoms with Crippen molar-refractivity contribution in [3.8, 4) is 6.07 Å². The van der Waals surface area contributed by atoms with Crippen molar-refractivity contribution in [2.75, 3.05) is 63.9 Å². The van der Waals surface area contributed by atoms with Gasteiger partial charge in [-0.3, -0.25) is 19.4 Å². The Hall–Kier alpha value is -3.56. The molecule has 1 aromatic rings. The lowest BCUT2D eigenvalue weighted by atomic mass is 9.79. The van der Waals surface area contributed by atoms with Crippen molar-refractivity contribution in [1.29, 1.82) is 5.26 Å². The smallest absolute Gasteiger partial charge is 0.443 e. The van der Waals surface area contributed by atoms with Crippen LogP contribution in [-0.2, 0) is 25.2 Å². The fourth-order valence-corrected chi connectivity index (χ4v) is 6.94. The topological polar surface area (TPSA) is 106 Å². The van der Waals surface area contributed by atoms with Crippen molar-refractivity contribution in [2.45, 2.75) is 43.3 Å². The molecule has 0 radical (unpaired) electrons. The molecule has 4 aliphatic heterocycles. The van der Waals surface area contributed by atoms with Gasteiger partial charge in [-0.2, -0.15) is 40.4 Å². The van der Waals surface area contributed by atoms with Crippen molar-refractivity contribution in [3.63, 3.8) is 0 Å². The molecule has 4 unspecified atom stereocenters. The number of fused-ring (bicyclic) bond motifs is 5. The monoisotopic (exact) mass is 667 g/mol. The number of carbonyl (C=O) groups excluding carboxylic acids is 3. The molecule has 18 heteroatoms. The van der Waals surface area contributed by atoms with E-state index in [4.69, 9.17) is 10.00 Å². The second-order valence-corrected chi connectivity index (χ2v) is 12.3. The van der Waals surface area contributed by atoms with Crippen LogP contribution in [0.2, 0.25) is 0 Å². The standard InChI is InChI=1S/C28H29F8N5O5/c1-24-13-39(6-5-38-7-9-40(10-8-38)23(44)45-15-26(29,30)28(34,35)36)14-25(2,46-24)20-19(24)21(42)41(22(20)43)17-4-3-16(12-37)18(11-17)27(31,32)33/h3-4,11,19-20H,5-10,13-15H2,1-2H3. The van der Waals surface area contributed by atoms with Gasteiger partial charge in [-0.25, -0.2) is 9.69 Å². The summed E-state index contributed by atoms with van der Waals surface area (Å²) in [6.07, 6.45) is -12.0. The normalized spacial score (nSPS) is 29.2. The third kappa shape index (κ3) is 5.88. The van der Waals surface area contributed by atoms with Crippen LogP contribution >= 0.6 is 0 Å². The molecule has 3 amide bonds. The lowest BCUT2D eigenvalue weighted by Gasteiger charge is -2.45. The van der Waals surface area contributed by atoms with E-state index in [-0.39, 0.29) is 45.0 Å². The number of hydrogen-bond acceptors (Lipinski definition) is 8. The maximum atomic E-state index is 13.7. The number of anilines is 1. The molecule has 0 spiro atoms. The number of carbonyl (C=O) groups is 3. The highest BCUT2D eigenvalue weighted by Crippen LogP contribution is 2.55. The van der Waals surface area contributed by atoms with E-state index in [2.05, 4.69) is 4.74 Å². The van der Waals surface area contributed by atoms with E-state index in [9.17, 15) is 49.5 Å². The molecule has 5 rings (SSSR count). The van der Waals surface area contributed by atoms with E-state index in [0.717, 1.165) is 21.9 Å². The van der Waals surface area contributed by atoms with Crippen molar-refractivity contribution < 1.29 is 59.0 Å². The molecular weight excluding hydrogens is 638 g/mol. The van der Waals surface area contributed by atoms with Crippen molar-refractivity contribution >= 4 is 23.6 Å². The van der Waals surface area contributed by atoms with E-state index in [1.807, 2.05) is 9.80 Å². The number of benzene rings is 1. The Kier molecular flexibility index (Phi) is 8.30. The van der Waals surface area contributed by atoms with Crippen LogP contribution in [0.5, 0.6) is 0 Å². The van der Waals surface area contributed by atoms with Gasteiger partial charge in [-0.1, -0.05) is 0 Å². The van der Waals surface area contributed by atoms with Crippen LogP contribution in [0, 0.1) is 23.2 Å². The molecule has 4 saturated heterocycles. The molecule has 4 atom stereocenters. The molecule has 4 fully saturated rings. The molecule has 46 heavy (non-hydrogen) atoms. The fraction of sp³-hybridized carbons (Fsp3) is 0.643. The van der Waals surface area contributed by atoms with Crippen molar-refractivity contribution in [3.05, 3.63) is 29.3 Å². The van der Waals surface area contributed by atoms with Gasteiger partial charge < -0.3 is 14.4 Å². The number of nitriles is 1. The summed E-state index contributed by atoms with van der Waals surface area (Å²) in [7, 11) is 0. The molecule has 2 bridgehead atoms. The van der Waals surface area contributed by atoms with Gasteiger partial charge in [-0.05, 0) is 32.0 Å². The molecule has 0 saturated carbocycles. The molecular formula is C28H29F8N5O5. The lowest BCUT2D eigenvalue weighted by molar-refractivity contribution is -0.292. The van der Waals surface area contributed by atoms with E-state index >= 15 is 0 Å². The first-order valence-corrected chi connectivity index (χ1v) is 14.2. The molecule has 0 aliphatic carbocycles. The van der Waals surface area contributed by atoms with Crippen molar-refractivity contribution in [2.24, 2.45) is 11.8 Å². The minimum atomic E-state index is -5.84. The Morgan fingerprint density at radius 3 is 1.98 bits per heavy atom. The van der Waals surface area contributed by atoms with Gasteiger partial charge in [-0.15, -0.1) is 0 Å². The summed E-state index contributed by atoms with van der Waals surface area (Å²) in [5, 5.41) is 9.11. The highest BCUT2D eigenvalue weighted by molar-refractivity contribution is 6.23. The number of rotatable bonds is 6. The Labute approximate surface area is 257 Å². The minimum absolute atomic E-state index is 0.0311. The largest absolute Gasteiger partial charge is 0.456 e. The molecule has 10 nitrogen and oxygen atoms in total. The quantitative estimate of drug-likeness (QED) is 0.336. The van der Waals surface area contributed by atoms with Crippen LogP contribution in [0.15, 0.2) is 18.2 Å². The number of piperazine rings is 1. The highest BCUT2D eigenvalue weighted by atomic mass is 19.4. The molecule has 252 valence electrons. The number of likely N-dealkylation sites (tertiary alicyclic amines) is 1. The lowest BCUT2D eigenvalue weighted by Crippen LogP contribution is -2.59. The van der Waals surface area contributed by atoms with Crippen LogP contribution in [0.25, 0.3) is 0 Å². The number of imide groups is 1. The van der Waals surface area contributed by atoms with E-state index in [0.29, 0.717) is 19.2 Å². The predicted octanol–water partition coefficient (Wildman–Crippen LogP) is 3.50. The molecule has 4 aliphatic rings. The molecule has 1 aromatic carbocycles. The summed E-state index contributed by atoms with van der Waals surface area (Å²) in [6, 6.07) is 4.15. The predicted molar refractivity (Wildman–Crippen MR) is 140 cm³/mol. The Bertz CT molecular complexity index is 1420. The zero-order chi connectivity index (χ0) is 34.0. The Morgan fingerprint density at radius 2 is 1.48 bits per heavy atom. The van der Waals surface area contributed by atoms with Crippen LogP contribution < -0.4 is 4.90 Å². The van der Waals surface area contributed by atoms with E-state index in [1.165, 1.54) is 6.07 Å². The fourth-order valence-electron chi connectivity index (χ4n) is 6.94. The molecule has 0 aromatic heterocycles. The first kappa shape index (κ1) is 33.8. The van der Waals surface area contributed by atoms with E-state index < -0.39 is 77.0 Å². The van der Waals surface area contributed by atoms with Crippen LogP contribution in [0.4, 0.5) is 45.6 Å². The summed E-state index contributed by atoms with van der Waals surface area (Å²) < 4.78 is 114. The maximum Gasteiger partial charge on any atom is 0.456 e. The van der Waals surface area contributed by atoms with Gasteiger partial charge in [0.1, 0.15) is 0 Å². The van der Waals surface area contributed by atoms with Gasteiger partial charge in [0.15, 0.2) is 6.61 Å². The second-order valence-electron chi connectivity index (χ2n) is 12.3. The van der Waals surface area contributed by atoms with Crippen LogP contribution in [0.1, 0.15) is 25.0 Å². The third-order valence-corrected chi connectivity index (χ3v) is 9.01. The maximum absolute atomic E-state index is 13.7. The third-order valence-electron chi connectivity index (χ3n) is 9.01. The van der Waals surface area contributed by atoms with Crippen molar-refractivity contribution in [1.82, 2.24) is 14.7 Å². The number of nitrogens with zero attached hydrogens (tertiary/aromatic N) is 5. The van der Waals surface area contributed by atoms with Crippen LogP contribution in [0.3, 0.4) is 0 Å². The molecule has 0 N–H and O–H groups in total. The number of hydrogen-bond donors (Lipinski definition) is 0. The summed E-state index contributed by atoms with van der Waals surface area (Å²) in [5.41, 5.74) is -4.49. The van der Waals surface area contributed by atoms with Gasteiger partial charge in [0, 0.05) is 52.4 Å². The average molecular weight is 668 g/mol. The van der Waals surface area contributed by atoms with E-state index in [1.54, 1.807) is 13.8 Å². The summed E-state index contributed by atoms with van der Waals surface area (Å²) >= 11 is 0. The van der Waals surface area contributed by atoms with Gasteiger partial charge >= 0.3 is 24.4 Å². The Morgan fingerprint density at radius 1 is 0.935 bits per heavy atom. The Balaban J connectivity index is 1.19. The summed E-state index contributed by atoms with van der Waals surface area (Å²) in [5.74, 6) is -8.51. The number of morpholine rings is 1. The van der Waals surface area contributed by atoms with Gasteiger partial charge in [0.25, 0.3) is 0 Å². The zero-order valence-electron chi connectivity index (χ0n) is 24.6. The number of amides is 3. The first-order valence-electron chi connectivity index (χ1n) is 14.2. The molecule has 4 heterocycles. The highest BCUT2D eigenvalue weighted by Gasteiger charge is 2.71. The van der Waals surface area contributed by atoms with Gasteiger partial charge in [0.2, 0.25) is 11.8 Å². The number of alkyl halides is 8. The minimum Gasteiger partial charge on any atom is -0.443 e. The summed E-state index contributed by atoms with van der Waals surface area (Å²) in [4.78, 5) is 45.1. The average Bonchev–Trinajstić information content (AvgIpc) is 3.33. The first-order chi connectivity index (χ1) is 21.2. The SMILES string of the molecule is CC12CN(CCN3CCN(C(=O)OCC(F)(F)C(F)(F)F)CC3)CC(C)(O1)C1C(=O)N(c3ccc(C#N)c(C(F)(F)F)c3)C(=O)C12. The number of halogens is 8. The second kappa shape index (κ2) is 11.3. The van der Waals surface area contributed by atoms with Gasteiger partial charge in [0.05, 0.1) is 45.9 Å². The van der Waals surface area contributed by atoms with Crippen LogP contribution in [-0.4, -0.2) is 115 Å².